The normalized spacial score (nSPS) is 12.5. The van der Waals surface area contributed by atoms with Gasteiger partial charge in [0.1, 0.15) is 0 Å². The molecule has 0 aliphatic carbocycles. The van der Waals surface area contributed by atoms with Crippen LogP contribution in [0.3, 0.4) is 0 Å². The van der Waals surface area contributed by atoms with E-state index in [9.17, 15) is 9.59 Å². The Balaban J connectivity index is 2.17. The van der Waals surface area contributed by atoms with Gasteiger partial charge < -0.3 is 15.3 Å². The van der Waals surface area contributed by atoms with E-state index >= 15 is 0 Å². The summed E-state index contributed by atoms with van der Waals surface area (Å²) in [6.45, 7) is 4.03. The first kappa shape index (κ1) is 13.4. The van der Waals surface area contributed by atoms with Crippen LogP contribution in [0, 0.1) is 5.92 Å². The fourth-order valence-electron chi connectivity index (χ4n) is 2.06. The molecule has 5 nitrogen and oxygen atoms in total. The molecular formula is C14H19N3O2. The number of nitrogens with one attached hydrogen (secondary N) is 3. The van der Waals surface area contributed by atoms with E-state index in [1.807, 2.05) is 6.92 Å². The molecule has 0 radical (unpaired) electrons. The number of hydrogen-bond acceptors (Lipinski definition) is 2. The van der Waals surface area contributed by atoms with Crippen molar-refractivity contribution in [1.29, 1.82) is 0 Å². The van der Waals surface area contributed by atoms with E-state index in [4.69, 9.17) is 0 Å². The Hall–Kier alpha value is -2.04. The third-order valence-electron chi connectivity index (χ3n) is 3.25. The molecule has 2 aromatic rings. The first-order valence-corrected chi connectivity index (χ1v) is 6.63. The number of para-hydroxylation sites is 1. The minimum absolute atomic E-state index is 0.0111. The first-order chi connectivity index (χ1) is 9.11. The number of benzene rings is 1. The average molecular weight is 261 g/mol. The van der Waals surface area contributed by atoms with Crippen LogP contribution < -0.4 is 11.0 Å². The van der Waals surface area contributed by atoms with Gasteiger partial charge in [-0.2, -0.15) is 0 Å². The Morgan fingerprint density at radius 1 is 1.37 bits per heavy atom. The second kappa shape index (κ2) is 5.73. The molecule has 19 heavy (non-hydrogen) atoms. The van der Waals surface area contributed by atoms with E-state index in [1.54, 1.807) is 18.2 Å². The van der Waals surface area contributed by atoms with Gasteiger partial charge in [-0.25, -0.2) is 4.79 Å². The summed E-state index contributed by atoms with van der Waals surface area (Å²) in [5.41, 5.74) is 1.72. The molecule has 5 heteroatoms. The Bertz CT molecular complexity index is 627. The zero-order valence-corrected chi connectivity index (χ0v) is 11.2. The van der Waals surface area contributed by atoms with Crippen molar-refractivity contribution in [2.45, 2.75) is 33.1 Å². The highest BCUT2D eigenvalue weighted by atomic mass is 16.2. The lowest BCUT2D eigenvalue weighted by Crippen LogP contribution is -2.20. The van der Waals surface area contributed by atoms with Gasteiger partial charge in [-0.05, 0) is 18.6 Å². The zero-order chi connectivity index (χ0) is 13.8. The van der Waals surface area contributed by atoms with Crippen molar-refractivity contribution in [3.63, 3.8) is 0 Å². The first-order valence-electron chi connectivity index (χ1n) is 6.63. The number of imidazole rings is 1. The molecular weight excluding hydrogens is 242 g/mol. The largest absolute Gasteiger partial charge is 0.324 e. The smallest absolute Gasteiger partial charge is 0.323 e. The second-order valence-electron chi connectivity index (χ2n) is 4.84. The predicted octanol–water partition coefficient (Wildman–Crippen LogP) is 2.62. The van der Waals surface area contributed by atoms with Gasteiger partial charge >= 0.3 is 5.69 Å². The van der Waals surface area contributed by atoms with E-state index in [0.29, 0.717) is 16.7 Å². The number of anilines is 1. The van der Waals surface area contributed by atoms with Gasteiger partial charge in [-0.3, -0.25) is 4.79 Å². The number of fused-ring (bicyclic) bond motifs is 1. The number of rotatable bonds is 5. The number of carbonyl (C=O) groups is 1. The molecule has 0 saturated heterocycles. The molecule has 0 spiro atoms. The average Bonchev–Trinajstić information content (AvgIpc) is 2.77. The molecule has 1 aromatic carbocycles. The molecule has 0 fully saturated rings. The monoisotopic (exact) mass is 261 g/mol. The van der Waals surface area contributed by atoms with Crippen LogP contribution in [-0.4, -0.2) is 15.9 Å². The van der Waals surface area contributed by atoms with Gasteiger partial charge in [0.15, 0.2) is 0 Å². The molecule has 1 heterocycles. The van der Waals surface area contributed by atoms with Crippen molar-refractivity contribution >= 4 is 22.6 Å². The van der Waals surface area contributed by atoms with Crippen molar-refractivity contribution < 1.29 is 4.79 Å². The van der Waals surface area contributed by atoms with Crippen LogP contribution in [0.1, 0.15) is 33.1 Å². The summed E-state index contributed by atoms with van der Waals surface area (Å²) in [7, 11) is 0. The minimum atomic E-state index is -0.268. The van der Waals surface area contributed by atoms with E-state index < -0.39 is 0 Å². The molecule has 3 N–H and O–H groups in total. The summed E-state index contributed by atoms with van der Waals surface area (Å²) in [6.07, 6.45) is 3.00. The topological polar surface area (TPSA) is 77.8 Å². The summed E-state index contributed by atoms with van der Waals surface area (Å²) in [6, 6.07) is 5.39. The number of carbonyl (C=O) groups excluding carboxylic acids is 1. The Morgan fingerprint density at radius 2 is 2.16 bits per heavy atom. The van der Waals surface area contributed by atoms with Crippen LogP contribution in [0.5, 0.6) is 0 Å². The SMILES string of the molecule is CCCC[C@@H](C)C(=O)Nc1cccc2[nH]c(=O)[nH]c12. The molecule has 1 aromatic heterocycles. The van der Waals surface area contributed by atoms with Crippen molar-refractivity contribution in [1.82, 2.24) is 9.97 Å². The number of H-pyrrole nitrogens is 2. The van der Waals surface area contributed by atoms with Gasteiger partial charge in [0, 0.05) is 5.92 Å². The highest BCUT2D eigenvalue weighted by molar-refractivity contribution is 6.00. The molecule has 1 amide bonds. The van der Waals surface area contributed by atoms with Crippen LogP contribution in [0.25, 0.3) is 11.0 Å². The summed E-state index contributed by atoms with van der Waals surface area (Å²) in [4.78, 5) is 28.7. The highest BCUT2D eigenvalue weighted by Crippen LogP contribution is 2.20. The number of aromatic amines is 2. The predicted molar refractivity (Wildman–Crippen MR) is 76.2 cm³/mol. The molecule has 0 unspecified atom stereocenters. The standard InChI is InChI=1S/C14H19N3O2/c1-3-4-6-9(2)13(18)15-10-7-5-8-11-12(10)17-14(19)16-11/h5,7-9H,3-4,6H2,1-2H3,(H,15,18)(H2,16,17,19)/t9-/m1/s1. The second-order valence-corrected chi connectivity index (χ2v) is 4.84. The lowest BCUT2D eigenvalue weighted by atomic mass is 10.0. The van der Waals surface area contributed by atoms with Crippen LogP contribution in [-0.2, 0) is 4.79 Å². The fourth-order valence-corrected chi connectivity index (χ4v) is 2.06. The number of aromatic nitrogens is 2. The quantitative estimate of drug-likeness (QED) is 0.773. The number of unbranched alkanes of at least 4 members (excludes halogenated alkanes) is 1. The van der Waals surface area contributed by atoms with Crippen LogP contribution >= 0.6 is 0 Å². The maximum atomic E-state index is 12.1. The Kier molecular flexibility index (Phi) is 4.04. The number of hydrogen-bond donors (Lipinski definition) is 3. The van der Waals surface area contributed by atoms with Crippen molar-refractivity contribution in [2.24, 2.45) is 5.92 Å². The Morgan fingerprint density at radius 3 is 2.89 bits per heavy atom. The minimum Gasteiger partial charge on any atom is -0.324 e. The van der Waals surface area contributed by atoms with E-state index in [0.717, 1.165) is 19.3 Å². The molecule has 1 atom stereocenters. The van der Waals surface area contributed by atoms with Crippen molar-refractivity contribution in [2.75, 3.05) is 5.32 Å². The molecule has 0 aliphatic rings. The van der Waals surface area contributed by atoms with E-state index in [1.165, 1.54) is 0 Å². The van der Waals surface area contributed by atoms with Gasteiger partial charge in [0.05, 0.1) is 16.7 Å². The Labute approximate surface area is 111 Å². The summed E-state index contributed by atoms with van der Waals surface area (Å²) >= 11 is 0. The van der Waals surface area contributed by atoms with Crippen molar-refractivity contribution in [3.8, 4) is 0 Å². The summed E-state index contributed by atoms with van der Waals surface area (Å²) < 4.78 is 0. The third kappa shape index (κ3) is 3.05. The molecule has 102 valence electrons. The van der Waals surface area contributed by atoms with E-state index in [-0.39, 0.29) is 17.5 Å². The highest BCUT2D eigenvalue weighted by Gasteiger charge is 2.14. The van der Waals surface area contributed by atoms with Crippen LogP contribution in [0.2, 0.25) is 0 Å². The third-order valence-corrected chi connectivity index (χ3v) is 3.25. The lowest BCUT2D eigenvalue weighted by Gasteiger charge is -2.12. The van der Waals surface area contributed by atoms with Gasteiger partial charge in [-0.15, -0.1) is 0 Å². The summed E-state index contributed by atoms with van der Waals surface area (Å²) in [5, 5.41) is 2.88. The fraction of sp³-hybridized carbons (Fsp3) is 0.429. The maximum Gasteiger partial charge on any atom is 0.323 e. The van der Waals surface area contributed by atoms with Gasteiger partial charge in [0.2, 0.25) is 5.91 Å². The maximum absolute atomic E-state index is 12.1. The van der Waals surface area contributed by atoms with E-state index in [2.05, 4.69) is 22.2 Å². The van der Waals surface area contributed by atoms with Gasteiger partial charge in [-0.1, -0.05) is 32.8 Å². The van der Waals surface area contributed by atoms with Crippen LogP contribution in [0.4, 0.5) is 5.69 Å². The molecule has 0 bridgehead atoms. The van der Waals surface area contributed by atoms with Gasteiger partial charge in [0.25, 0.3) is 0 Å². The molecule has 0 saturated carbocycles. The zero-order valence-electron chi connectivity index (χ0n) is 11.2. The summed E-state index contributed by atoms with van der Waals surface area (Å²) in [5.74, 6) is -0.0381. The molecule has 2 rings (SSSR count). The van der Waals surface area contributed by atoms with Crippen molar-refractivity contribution in [3.05, 3.63) is 28.7 Å². The molecule has 0 aliphatic heterocycles. The lowest BCUT2D eigenvalue weighted by molar-refractivity contribution is -0.119. The number of amides is 1. The van der Waals surface area contributed by atoms with Crippen LogP contribution in [0.15, 0.2) is 23.0 Å².